The average Bonchev–Trinajstić information content (AvgIpc) is 3.45. The smallest absolute Gasteiger partial charge is 0.270 e. The van der Waals surface area contributed by atoms with E-state index in [9.17, 15) is 9.90 Å². The zero-order valence-corrected chi connectivity index (χ0v) is 19.5. The molecule has 7 heteroatoms. The van der Waals surface area contributed by atoms with E-state index in [2.05, 4.69) is 44.9 Å². The number of aliphatic hydroxyl groups excluding tert-OH is 1. The number of hydrogen-bond donors (Lipinski definition) is 2. The second-order valence-electron chi connectivity index (χ2n) is 8.36. The molecule has 5 rings (SSSR count). The molecule has 1 amide bonds. The summed E-state index contributed by atoms with van der Waals surface area (Å²) in [6, 6.07) is 12.1. The van der Waals surface area contributed by atoms with Gasteiger partial charge in [0.1, 0.15) is 5.69 Å². The number of carbonyl (C=O) groups is 1. The van der Waals surface area contributed by atoms with Gasteiger partial charge in [0.15, 0.2) is 0 Å². The Morgan fingerprint density at radius 3 is 2.69 bits per heavy atom. The molecule has 1 saturated carbocycles. The molecule has 32 heavy (non-hydrogen) atoms. The third kappa shape index (κ3) is 4.46. The summed E-state index contributed by atoms with van der Waals surface area (Å²) in [7, 11) is 0. The lowest BCUT2D eigenvalue weighted by Crippen LogP contribution is -2.45. The second-order valence-corrected chi connectivity index (χ2v) is 10.3. The lowest BCUT2D eigenvalue weighted by molar-refractivity contribution is 0.0714. The Hall–Kier alpha value is -2.61. The summed E-state index contributed by atoms with van der Waals surface area (Å²) < 4.78 is 1.11. The molecule has 0 unspecified atom stereocenters. The molecule has 5 nitrogen and oxygen atoms in total. The first-order valence-corrected chi connectivity index (χ1v) is 12.7. The highest BCUT2D eigenvalue weighted by Crippen LogP contribution is 2.28. The van der Waals surface area contributed by atoms with Crippen molar-refractivity contribution in [3.63, 3.8) is 0 Å². The van der Waals surface area contributed by atoms with Gasteiger partial charge in [0.2, 0.25) is 0 Å². The first kappa shape index (κ1) is 21.2. The number of carbonyl (C=O) groups excluding carboxylic acids is 1. The Morgan fingerprint density at radius 2 is 1.94 bits per heavy atom. The number of nitrogens with zero attached hydrogens (tertiary/aromatic N) is 2. The van der Waals surface area contributed by atoms with Crippen LogP contribution in [0.2, 0.25) is 0 Å². The van der Waals surface area contributed by atoms with E-state index in [1.54, 1.807) is 22.7 Å². The van der Waals surface area contributed by atoms with Gasteiger partial charge in [-0.3, -0.25) is 4.79 Å². The van der Waals surface area contributed by atoms with Gasteiger partial charge in [-0.15, -0.1) is 22.7 Å². The minimum absolute atomic E-state index is 0.193. The number of rotatable bonds is 5. The zero-order valence-electron chi connectivity index (χ0n) is 17.9. The molecular formula is C25H25N3O2S2. The second kappa shape index (κ2) is 9.10. The van der Waals surface area contributed by atoms with Crippen molar-refractivity contribution in [2.75, 3.05) is 0 Å². The van der Waals surface area contributed by atoms with Crippen molar-refractivity contribution in [1.29, 1.82) is 0 Å². The van der Waals surface area contributed by atoms with Crippen LogP contribution in [0.15, 0.2) is 47.2 Å². The number of nitrogens with one attached hydrogen (secondary N) is 1. The van der Waals surface area contributed by atoms with Gasteiger partial charge in [-0.25, -0.2) is 9.97 Å². The highest BCUT2D eigenvalue weighted by molar-refractivity contribution is 7.17. The molecule has 0 spiro atoms. The van der Waals surface area contributed by atoms with Crippen LogP contribution in [0.5, 0.6) is 0 Å². The molecule has 3 aromatic heterocycles. The predicted octanol–water partition coefficient (Wildman–Crippen LogP) is 5.35. The van der Waals surface area contributed by atoms with Crippen LogP contribution in [0.1, 0.15) is 52.3 Å². The number of thiophene rings is 1. The SMILES string of the molecule is Cc1nc(-c2ccc(Cc3cc(C(=O)N[C@H]4CCCC[C@@H]4O)nc4ccsc34)cc2)cs1. The van der Waals surface area contributed by atoms with E-state index in [0.717, 1.165) is 64.1 Å². The Bertz CT molecular complexity index is 1250. The van der Waals surface area contributed by atoms with Gasteiger partial charge in [0.25, 0.3) is 5.91 Å². The summed E-state index contributed by atoms with van der Waals surface area (Å²) in [5.74, 6) is -0.209. The summed E-state index contributed by atoms with van der Waals surface area (Å²) in [6.07, 6.45) is 3.84. The van der Waals surface area contributed by atoms with E-state index < -0.39 is 6.10 Å². The molecule has 0 aliphatic heterocycles. The van der Waals surface area contributed by atoms with Crippen molar-refractivity contribution in [2.45, 2.75) is 51.2 Å². The maximum absolute atomic E-state index is 12.9. The number of pyridine rings is 1. The zero-order chi connectivity index (χ0) is 22.1. The van der Waals surface area contributed by atoms with E-state index in [0.29, 0.717) is 5.69 Å². The number of fused-ring (bicyclic) bond motifs is 1. The highest BCUT2D eigenvalue weighted by atomic mass is 32.1. The number of benzene rings is 1. The molecule has 4 aromatic rings. The summed E-state index contributed by atoms with van der Waals surface area (Å²) in [5.41, 5.74) is 5.65. The van der Waals surface area contributed by atoms with Crippen LogP contribution >= 0.6 is 22.7 Å². The predicted molar refractivity (Wildman–Crippen MR) is 130 cm³/mol. The molecule has 1 fully saturated rings. The molecule has 1 aromatic carbocycles. The Labute approximate surface area is 195 Å². The quantitative estimate of drug-likeness (QED) is 0.418. The fourth-order valence-corrected chi connectivity index (χ4v) is 5.77. The molecule has 1 aliphatic rings. The van der Waals surface area contributed by atoms with Crippen LogP contribution in [0.25, 0.3) is 21.5 Å². The van der Waals surface area contributed by atoms with Crippen LogP contribution in [0.3, 0.4) is 0 Å². The molecule has 0 bridgehead atoms. The first-order valence-electron chi connectivity index (χ1n) is 10.9. The maximum Gasteiger partial charge on any atom is 0.270 e. The fourth-order valence-electron chi connectivity index (χ4n) is 4.30. The van der Waals surface area contributed by atoms with Gasteiger partial charge in [0, 0.05) is 10.9 Å². The first-order chi connectivity index (χ1) is 15.6. The minimum atomic E-state index is -0.475. The van der Waals surface area contributed by atoms with E-state index in [-0.39, 0.29) is 11.9 Å². The fraction of sp³-hybridized carbons (Fsp3) is 0.320. The molecular weight excluding hydrogens is 438 g/mol. The van der Waals surface area contributed by atoms with Crippen molar-refractivity contribution < 1.29 is 9.90 Å². The van der Waals surface area contributed by atoms with Crippen LogP contribution in [-0.2, 0) is 6.42 Å². The summed E-state index contributed by atoms with van der Waals surface area (Å²) >= 11 is 3.30. The molecule has 0 saturated heterocycles. The number of aromatic nitrogens is 2. The lowest BCUT2D eigenvalue weighted by atomic mass is 9.92. The lowest BCUT2D eigenvalue weighted by Gasteiger charge is -2.28. The molecule has 2 atom stereocenters. The van der Waals surface area contributed by atoms with Crippen molar-refractivity contribution in [3.8, 4) is 11.3 Å². The van der Waals surface area contributed by atoms with Gasteiger partial charge in [-0.1, -0.05) is 37.1 Å². The van der Waals surface area contributed by atoms with Gasteiger partial charge >= 0.3 is 0 Å². The van der Waals surface area contributed by atoms with E-state index >= 15 is 0 Å². The third-order valence-corrected chi connectivity index (χ3v) is 7.78. The number of amides is 1. The summed E-state index contributed by atoms with van der Waals surface area (Å²) in [6.45, 7) is 2.01. The molecule has 164 valence electrons. The Morgan fingerprint density at radius 1 is 1.12 bits per heavy atom. The number of hydrogen-bond acceptors (Lipinski definition) is 6. The van der Waals surface area contributed by atoms with Gasteiger partial charge < -0.3 is 10.4 Å². The van der Waals surface area contributed by atoms with Gasteiger partial charge in [0.05, 0.1) is 33.1 Å². The Balaban J connectivity index is 1.39. The Kier molecular flexibility index (Phi) is 6.04. The molecule has 3 heterocycles. The average molecular weight is 464 g/mol. The van der Waals surface area contributed by atoms with Crippen molar-refractivity contribution in [2.24, 2.45) is 0 Å². The molecule has 2 N–H and O–H groups in total. The maximum atomic E-state index is 12.9. The monoisotopic (exact) mass is 463 g/mol. The van der Waals surface area contributed by atoms with Crippen molar-refractivity contribution in [3.05, 3.63) is 69.0 Å². The minimum Gasteiger partial charge on any atom is -0.391 e. The third-order valence-electron chi connectivity index (χ3n) is 6.03. The van der Waals surface area contributed by atoms with Crippen LogP contribution < -0.4 is 5.32 Å². The van der Waals surface area contributed by atoms with Crippen LogP contribution in [-0.4, -0.2) is 33.1 Å². The van der Waals surface area contributed by atoms with Crippen LogP contribution in [0.4, 0.5) is 0 Å². The largest absolute Gasteiger partial charge is 0.391 e. The highest BCUT2D eigenvalue weighted by Gasteiger charge is 2.25. The van der Waals surface area contributed by atoms with Crippen molar-refractivity contribution >= 4 is 38.8 Å². The summed E-state index contributed by atoms with van der Waals surface area (Å²) in [4.78, 5) is 22.1. The number of aliphatic hydroxyl groups is 1. The van der Waals surface area contributed by atoms with Crippen LogP contribution in [0, 0.1) is 6.92 Å². The van der Waals surface area contributed by atoms with Gasteiger partial charge in [-0.05, 0) is 54.8 Å². The van der Waals surface area contributed by atoms with Gasteiger partial charge in [-0.2, -0.15) is 0 Å². The van der Waals surface area contributed by atoms with E-state index in [1.165, 1.54) is 5.56 Å². The van der Waals surface area contributed by atoms with E-state index in [4.69, 9.17) is 0 Å². The number of thiazole rings is 1. The summed E-state index contributed by atoms with van der Waals surface area (Å²) in [5, 5.41) is 18.4. The standard InChI is InChI=1S/C25H25N3O2S2/c1-15-26-22(14-32-15)17-8-6-16(7-9-17)12-18-13-21(27-20-10-11-31-24(18)20)25(30)28-19-4-2-3-5-23(19)29/h6-11,13-14,19,23,29H,2-5,12H2,1H3,(H,28,30)/t19-,23-/m0/s1. The number of aryl methyl sites for hydroxylation is 1. The molecule has 0 radical (unpaired) electrons. The topological polar surface area (TPSA) is 75.1 Å². The van der Waals surface area contributed by atoms with Crippen molar-refractivity contribution in [1.82, 2.24) is 15.3 Å². The normalized spacial score (nSPS) is 18.7. The molecule has 1 aliphatic carbocycles. The van der Waals surface area contributed by atoms with E-state index in [1.807, 2.05) is 24.4 Å².